The molecule has 7 heteroatoms. The fourth-order valence-corrected chi connectivity index (χ4v) is 3.03. The van der Waals surface area contributed by atoms with Crippen LogP contribution in [-0.4, -0.2) is 27.1 Å². The van der Waals surface area contributed by atoms with E-state index in [1.807, 2.05) is 24.3 Å². The number of pyridine rings is 1. The number of ether oxygens (including phenoxy) is 1. The van der Waals surface area contributed by atoms with Crippen LogP contribution in [0.15, 0.2) is 47.5 Å². The third-order valence-electron chi connectivity index (χ3n) is 3.10. The quantitative estimate of drug-likeness (QED) is 0.621. The molecule has 1 N–H and O–H groups in total. The van der Waals surface area contributed by atoms with Gasteiger partial charge >= 0.3 is 0 Å². The van der Waals surface area contributed by atoms with E-state index in [4.69, 9.17) is 16.3 Å². The van der Waals surface area contributed by atoms with Gasteiger partial charge in [0.15, 0.2) is 0 Å². The molecule has 0 unspecified atom stereocenters. The average molecular weight is 341 g/mol. The van der Waals surface area contributed by atoms with Gasteiger partial charge in [-0.15, -0.1) is 0 Å². The number of nitrogens with one attached hydrogen (secondary N) is 1. The molecule has 0 spiro atoms. The second kappa shape index (κ2) is 7.58. The average Bonchev–Trinajstić information content (AvgIpc) is 2.52. The first kappa shape index (κ1) is 16.7. The molecule has 0 fully saturated rings. The highest BCUT2D eigenvalue weighted by Crippen LogP contribution is 2.13. The zero-order valence-corrected chi connectivity index (χ0v) is 13.7. The number of hydrogen-bond donors (Lipinski definition) is 1. The van der Waals surface area contributed by atoms with E-state index in [2.05, 4.69) is 9.71 Å². The normalized spacial score (nSPS) is 11.4. The zero-order chi connectivity index (χ0) is 16.0. The predicted molar refractivity (Wildman–Crippen MR) is 85.8 cm³/mol. The summed E-state index contributed by atoms with van der Waals surface area (Å²) in [5.74, 6) is 0.805. The maximum Gasteiger partial charge on any atom is 0.242 e. The SMILES string of the molecule is COc1ccc(CCCNS(=O)(=O)c2ccc(Cl)nc2)cc1. The van der Waals surface area contributed by atoms with Crippen LogP contribution in [-0.2, 0) is 16.4 Å². The number of hydrogen-bond acceptors (Lipinski definition) is 4. The minimum Gasteiger partial charge on any atom is -0.497 e. The third kappa shape index (κ3) is 4.69. The Labute approximate surface area is 135 Å². The topological polar surface area (TPSA) is 68.3 Å². The number of halogens is 1. The lowest BCUT2D eigenvalue weighted by molar-refractivity contribution is 0.414. The molecule has 0 bridgehead atoms. The minimum atomic E-state index is -3.53. The van der Waals surface area contributed by atoms with E-state index in [0.717, 1.165) is 17.7 Å². The molecule has 0 amide bonds. The Morgan fingerprint density at radius 3 is 2.50 bits per heavy atom. The van der Waals surface area contributed by atoms with Crippen molar-refractivity contribution in [3.63, 3.8) is 0 Å². The second-order valence-corrected chi connectivity index (χ2v) is 6.82. The van der Waals surface area contributed by atoms with Crippen molar-refractivity contribution in [1.29, 1.82) is 0 Å². The van der Waals surface area contributed by atoms with E-state index in [0.29, 0.717) is 13.0 Å². The summed E-state index contributed by atoms with van der Waals surface area (Å²) in [7, 11) is -1.91. The molecule has 5 nitrogen and oxygen atoms in total. The van der Waals surface area contributed by atoms with Gasteiger partial charge in [-0.3, -0.25) is 0 Å². The highest BCUT2D eigenvalue weighted by molar-refractivity contribution is 7.89. The smallest absolute Gasteiger partial charge is 0.242 e. The van der Waals surface area contributed by atoms with Crippen LogP contribution in [0.5, 0.6) is 5.75 Å². The number of methoxy groups -OCH3 is 1. The van der Waals surface area contributed by atoms with Gasteiger partial charge in [0.05, 0.1) is 7.11 Å². The summed E-state index contributed by atoms with van der Waals surface area (Å²) >= 11 is 5.64. The summed E-state index contributed by atoms with van der Waals surface area (Å²) in [6.45, 7) is 0.358. The molecule has 1 aromatic heterocycles. The van der Waals surface area contributed by atoms with Crippen LogP contribution >= 0.6 is 11.6 Å². The Hall–Kier alpha value is -1.63. The fraction of sp³-hybridized carbons (Fsp3) is 0.267. The fourth-order valence-electron chi connectivity index (χ4n) is 1.90. The van der Waals surface area contributed by atoms with Crippen molar-refractivity contribution in [1.82, 2.24) is 9.71 Å². The number of nitrogens with zero attached hydrogens (tertiary/aromatic N) is 1. The molecule has 1 heterocycles. The summed E-state index contributed by atoms with van der Waals surface area (Å²) in [5.41, 5.74) is 1.13. The van der Waals surface area contributed by atoms with Crippen molar-refractivity contribution in [2.45, 2.75) is 17.7 Å². The van der Waals surface area contributed by atoms with E-state index >= 15 is 0 Å². The Balaban J connectivity index is 1.83. The largest absolute Gasteiger partial charge is 0.497 e. The molecule has 2 aromatic rings. The summed E-state index contributed by atoms with van der Waals surface area (Å²) < 4.78 is 31.7. The van der Waals surface area contributed by atoms with Crippen LogP contribution in [0, 0.1) is 0 Å². The lowest BCUT2D eigenvalue weighted by Crippen LogP contribution is -2.25. The van der Waals surface area contributed by atoms with Gasteiger partial charge < -0.3 is 4.74 Å². The van der Waals surface area contributed by atoms with Crippen molar-refractivity contribution in [2.24, 2.45) is 0 Å². The highest BCUT2D eigenvalue weighted by atomic mass is 35.5. The molecule has 0 radical (unpaired) electrons. The van der Waals surface area contributed by atoms with Crippen LogP contribution in [0.1, 0.15) is 12.0 Å². The van der Waals surface area contributed by atoms with Crippen LogP contribution in [0.25, 0.3) is 0 Å². The number of benzene rings is 1. The molecule has 0 aliphatic carbocycles. The molecule has 2 rings (SSSR count). The van der Waals surface area contributed by atoms with E-state index in [9.17, 15) is 8.42 Å². The standard InChI is InChI=1S/C15H17ClN2O3S/c1-21-13-6-4-12(5-7-13)3-2-10-18-22(19,20)14-8-9-15(16)17-11-14/h4-9,11,18H,2-3,10H2,1H3. The Kier molecular flexibility index (Phi) is 5.76. The van der Waals surface area contributed by atoms with E-state index in [-0.39, 0.29) is 10.0 Å². The molecule has 0 atom stereocenters. The molecular weight excluding hydrogens is 324 g/mol. The monoisotopic (exact) mass is 340 g/mol. The van der Waals surface area contributed by atoms with Gasteiger partial charge in [-0.05, 0) is 42.7 Å². The maximum atomic E-state index is 12.0. The molecule has 1 aromatic carbocycles. The first-order valence-electron chi connectivity index (χ1n) is 6.75. The molecule has 22 heavy (non-hydrogen) atoms. The van der Waals surface area contributed by atoms with Gasteiger partial charge in [-0.1, -0.05) is 23.7 Å². The Morgan fingerprint density at radius 1 is 1.18 bits per heavy atom. The van der Waals surface area contributed by atoms with Crippen molar-refractivity contribution < 1.29 is 13.2 Å². The van der Waals surface area contributed by atoms with Gasteiger partial charge in [0.2, 0.25) is 10.0 Å². The summed E-state index contributed by atoms with van der Waals surface area (Å²) in [5, 5.41) is 0.262. The predicted octanol–water partition coefficient (Wildman–Crippen LogP) is 2.65. The molecule has 0 aliphatic rings. The van der Waals surface area contributed by atoms with Crippen LogP contribution < -0.4 is 9.46 Å². The van der Waals surface area contributed by atoms with Crippen molar-refractivity contribution in [3.05, 3.63) is 53.3 Å². The third-order valence-corrected chi connectivity index (χ3v) is 4.77. The number of aromatic nitrogens is 1. The lowest BCUT2D eigenvalue weighted by Gasteiger charge is -2.07. The summed E-state index contributed by atoms with van der Waals surface area (Å²) in [6, 6.07) is 10.6. The Bertz CT molecular complexity index is 701. The second-order valence-electron chi connectivity index (χ2n) is 4.67. The highest BCUT2D eigenvalue weighted by Gasteiger charge is 2.13. The summed E-state index contributed by atoms with van der Waals surface area (Å²) in [6.07, 6.45) is 2.73. The minimum absolute atomic E-state index is 0.112. The number of aryl methyl sites for hydroxylation is 1. The lowest BCUT2D eigenvalue weighted by atomic mass is 10.1. The van der Waals surface area contributed by atoms with Gasteiger partial charge in [-0.2, -0.15) is 0 Å². The number of sulfonamides is 1. The van der Waals surface area contributed by atoms with E-state index in [1.165, 1.54) is 18.3 Å². The van der Waals surface area contributed by atoms with Crippen LogP contribution in [0.3, 0.4) is 0 Å². The first-order chi connectivity index (χ1) is 10.5. The Morgan fingerprint density at radius 2 is 1.91 bits per heavy atom. The molecule has 0 saturated carbocycles. The maximum absolute atomic E-state index is 12.0. The van der Waals surface area contributed by atoms with E-state index in [1.54, 1.807) is 7.11 Å². The van der Waals surface area contributed by atoms with Crippen LogP contribution in [0.2, 0.25) is 5.15 Å². The van der Waals surface area contributed by atoms with Crippen molar-refractivity contribution in [3.8, 4) is 5.75 Å². The zero-order valence-electron chi connectivity index (χ0n) is 12.1. The van der Waals surface area contributed by atoms with Gasteiger partial charge in [0.25, 0.3) is 0 Å². The molecule has 0 aliphatic heterocycles. The van der Waals surface area contributed by atoms with Gasteiger partial charge in [-0.25, -0.2) is 18.1 Å². The first-order valence-corrected chi connectivity index (χ1v) is 8.61. The van der Waals surface area contributed by atoms with Crippen LogP contribution in [0.4, 0.5) is 0 Å². The van der Waals surface area contributed by atoms with Gasteiger partial charge in [0, 0.05) is 12.7 Å². The van der Waals surface area contributed by atoms with Gasteiger partial charge in [0.1, 0.15) is 15.8 Å². The number of rotatable bonds is 7. The summed E-state index contributed by atoms with van der Waals surface area (Å²) in [4.78, 5) is 3.88. The molecule has 0 saturated heterocycles. The molecule has 118 valence electrons. The molecular formula is C15H17ClN2O3S. The van der Waals surface area contributed by atoms with Crippen molar-refractivity contribution >= 4 is 21.6 Å². The van der Waals surface area contributed by atoms with Crippen molar-refractivity contribution in [2.75, 3.05) is 13.7 Å². The van der Waals surface area contributed by atoms with E-state index < -0.39 is 10.0 Å².